The number of ether oxygens (including phenoxy) is 1. The summed E-state index contributed by atoms with van der Waals surface area (Å²) in [5, 5.41) is 41.4. The van der Waals surface area contributed by atoms with Crippen LogP contribution in [-0.2, 0) is 4.79 Å². The Hall–Kier alpha value is -5.05. The summed E-state index contributed by atoms with van der Waals surface area (Å²) in [6.07, 6.45) is 1.55. The van der Waals surface area contributed by atoms with Crippen LogP contribution in [0.5, 0.6) is 28.7 Å². The molecular formula is C27H17NO8. The molecule has 0 fully saturated rings. The molecule has 1 atom stereocenters. The average molecular weight is 483 g/mol. The van der Waals surface area contributed by atoms with Crippen molar-refractivity contribution in [3.63, 3.8) is 0 Å². The minimum atomic E-state index is -0.911. The number of pyridine rings is 1. The van der Waals surface area contributed by atoms with E-state index < -0.39 is 40.3 Å². The Bertz CT molecular complexity index is 1780. The molecule has 3 heterocycles. The molecule has 0 aliphatic carbocycles. The number of esters is 1. The Balaban J connectivity index is 1.71. The molecule has 5 aromatic rings. The summed E-state index contributed by atoms with van der Waals surface area (Å²) in [5.74, 6) is -3.66. The molecule has 0 spiro atoms. The third-order valence-corrected chi connectivity index (χ3v) is 6.34. The van der Waals surface area contributed by atoms with Crippen molar-refractivity contribution < 1.29 is 34.4 Å². The van der Waals surface area contributed by atoms with E-state index in [1.165, 1.54) is 12.1 Å². The second kappa shape index (κ2) is 7.74. The highest BCUT2D eigenvalue weighted by molar-refractivity contribution is 5.95. The minimum absolute atomic E-state index is 0.0162. The van der Waals surface area contributed by atoms with Gasteiger partial charge in [0, 0.05) is 34.7 Å². The van der Waals surface area contributed by atoms with Gasteiger partial charge in [-0.3, -0.25) is 14.6 Å². The van der Waals surface area contributed by atoms with Crippen LogP contribution in [0.25, 0.3) is 33.2 Å². The van der Waals surface area contributed by atoms with E-state index in [2.05, 4.69) is 4.98 Å². The molecule has 9 heteroatoms. The first-order chi connectivity index (χ1) is 17.3. The van der Waals surface area contributed by atoms with Crippen LogP contribution in [0.4, 0.5) is 0 Å². The number of phenols is 3. The van der Waals surface area contributed by atoms with E-state index in [4.69, 9.17) is 9.15 Å². The molecule has 0 saturated heterocycles. The van der Waals surface area contributed by atoms with Gasteiger partial charge >= 0.3 is 5.97 Å². The maximum absolute atomic E-state index is 13.2. The number of aromatic hydroxyl groups is 4. The number of rotatable bonds is 2. The summed E-state index contributed by atoms with van der Waals surface area (Å²) >= 11 is 0. The second-order valence-corrected chi connectivity index (χ2v) is 8.48. The molecule has 2 aromatic heterocycles. The van der Waals surface area contributed by atoms with Crippen molar-refractivity contribution in [2.75, 3.05) is 0 Å². The standard InChI is InChI=1S/C27H17NO8/c29-16-7-6-13(9-17(16)30)26-25(34)24(33)22-18(31)11-19-21(27(22)36-26)15(10-20(32)35-19)14-5-1-3-12-4-2-8-28-23(12)14/h1-9,11,15,29-31,34H,10H2. The number of phenolic OH excluding ortho intramolecular Hbond substituents is 3. The topological polar surface area (TPSA) is 150 Å². The van der Waals surface area contributed by atoms with E-state index in [1.807, 2.05) is 24.3 Å². The zero-order valence-corrected chi connectivity index (χ0v) is 18.4. The Morgan fingerprint density at radius 2 is 1.69 bits per heavy atom. The molecule has 1 aliphatic heterocycles. The molecule has 36 heavy (non-hydrogen) atoms. The number of hydrogen-bond acceptors (Lipinski definition) is 9. The summed E-state index contributed by atoms with van der Waals surface area (Å²) < 4.78 is 11.4. The number of carbonyl (C=O) groups excluding carboxylic acids is 1. The average Bonchev–Trinajstić information content (AvgIpc) is 2.86. The quantitative estimate of drug-likeness (QED) is 0.164. The van der Waals surface area contributed by atoms with Crippen LogP contribution in [-0.4, -0.2) is 31.4 Å². The van der Waals surface area contributed by atoms with Gasteiger partial charge in [0.2, 0.25) is 11.2 Å². The van der Waals surface area contributed by atoms with Gasteiger partial charge in [0.05, 0.1) is 11.9 Å². The minimum Gasteiger partial charge on any atom is -0.507 e. The molecule has 1 unspecified atom stereocenters. The number of fused-ring (bicyclic) bond motifs is 4. The number of para-hydroxylation sites is 1. The van der Waals surface area contributed by atoms with Crippen molar-refractivity contribution in [2.45, 2.75) is 12.3 Å². The fraction of sp³-hybridized carbons (Fsp3) is 0.0741. The maximum Gasteiger partial charge on any atom is 0.312 e. The van der Waals surface area contributed by atoms with Crippen LogP contribution in [0.2, 0.25) is 0 Å². The molecule has 4 N–H and O–H groups in total. The van der Waals surface area contributed by atoms with Crippen molar-refractivity contribution in [3.8, 4) is 40.1 Å². The Kier molecular flexibility index (Phi) is 4.62. The molecule has 0 radical (unpaired) electrons. The first-order valence-electron chi connectivity index (χ1n) is 11.0. The lowest BCUT2D eigenvalue weighted by atomic mass is 9.84. The SMILES string of the molecule is O=C1CC(c2cccc3cccnc23)c2c(cc(O)c3c(=O)c(O)c(-c4ccc(O)c(O)c4)oc23)O1. The van der Waals surface area contributed by atoms with E-state index in [-0.39, 0.29) is 34.5 Å². The third kappa shape index (κ3) is 3.13. The first kappa shape index (κ1) is 21.5. The summed E-state index contributed by atoms with van der Waals surface area (Å²) in [5.41, 5.74) is 0.790. The van der Waals surface area contributed by atoms with E-state index in [0.717, 1.165) is 17.5 Å². The molecule has 0 amide bonds. The molecule has 0 saturated carbocycles. The highest BCUT2D eigenvalue weighted by Gasteiger charge is 2.35. The van der Waals surface area contributed by atoms with Gasteiger partial charge in [-0.1, -0.05) is 24.3 Å². The van der Waals surface area contributed by atoms with E-state index in [1.54, 1.807) is 12.3 Å². The molecule has 0 bridgehead atoms. The predicted octanol–water partition coefficient (Wildman–Crippen LogP) is 4.27. The first-order valence-corrected chi connectivity index (χ1v) is 11.0. The van der Waals surface area contributed by atoms with Gasteiger partial charge in [-0.2, -0.15) is 0 Å². The fourth-order valence-corrected chi connectivity index (χ4v) is 4.72. The number of hydrogen-bond donors (Lipinski definition) is 4. The zero-order valence-electron chi connectivity index (χ0n) is 18.4. The molecular weight excluding hydrogens is 466 g/mol. The van der Waals surface area contributed by atoms with Gasteiger partial charge in [-0.05, 0) is 29.8 Å². The van der Waals surface area contributed by atoms with Gasteiger partial charge < -0.3 is 29.6 Å². The van der Waals surface area contributed by atoms with E-state index in [9.17, 15) is 30.0 Å². The van der Waals surface area contributed by atoms with E-state index in [0.29, 0.717) is 16.6 Å². The number of carbonyl (C=O) groups is 1. The van der Waals surface area contributed by atoms with Gasteiger partial charge in [0.15, 0.2) is 17.3 Å². The molecule has 9 nitrogen and oxygen atoms in total. The van der Waals surface area contributed by atoms with Crippen LogP contribution in [0, 0.1) is 0 Å². The smallest absolute Gasteiger partial charge is 0.312 e. The summed E-state index contributed by atoms with van der Waals surface area (Å²) in [4.78, 5) is 30.2. The van der Waals surface area contributed by atoms with Crippen LogP contribution in [0.3, 0.4) is 0 Å². The largest absolute Gasteiger partial charge is 0.507 e. The molecule has 6 rings (SSSR count). The number of benzene rings is 3. The monoisotopic (exact) mass is 483 g/mol. The summed E-state index contributed by atoms with van der Waals surface area (Å²) in [6.45, 7) is 0. The zero-order chi connectivity index (χ0) is 25.1. The van der Waals surface area contributed by atoms with Crippen molar-refractivity contribution in [1.29, 1.82) is 0 Å². The van der Waals surface area contributed by atoms with E-state index >= 15 is 0 Å². The van der Waals surface area contributed by atoms with Gasteiger partial charge in [-0.15, -0.1) is 0 Å². The van der Waals surface area contributed by atoms with Gasteiger partial charge in [0.25, 0.3) is 0 Å². The van der Waals surface area contributed by atoms with Crippen molar-refractivity contribution >= 4 is 27.8 Å². The fourth-order valence-electron chi connectivity index (χ4n) is 4.72. The number of aromatic nitrogens is 1. The lowest BCUT2D eigenvalue weighted by Gasteiger charge is -2.26. The van der Waals surface area contributed by atoms with Crippen molar-refractivity contribution in [2.24, 2.45) is 0 Å². The lowest BCUT2D eigenvalue weighted by Crippen LogP contribution is -2.22. The normalized spacial score (nSPS) is 15.1. The maximum atomic E-state index is 13.2. The van der Waals surface area contributed by atoms with Crippen LogP contribution in [0.15, 0.2) is 70.0 Å². The van der Waals surface area contributed by atoms with Crippen molar-refractivity contribution in [1.82, 2.24) is 4.98 Å². The third-order valence-electron chi connectivity index (χ3n) is 6.34. The predicted molar refractivity (Wildman–Crippen MR) is 128 cm³/mol. The summed E-state index contributed by atoms with van der Waals surface area (Å²) in [6, 6.07) is 14.0. The Morgan fingerprint density at radius 3 is 2.50 bits per heavy atom. The Morgan fingerprint density at radius 1 is 0.889 bits per heavy atom. The van der Waals surface area contributed by atoms with Gasteiger partial charge in [0.1, 0.15) is 22.5 Å². The summed E-state index contributed by atoms with van der Waals surface area (Å²) in [7, 11) is 0. The lowest BCUT2D eigenvalue weighted by molar-refractivity contribution is -0.135. The van der Waals surface area contributed by atoms with Crippen LogP contribution in [0.1, 0.15) is 23.5 Å². The van der Waals surface area contributed by atoms with Gasteiger partial charge in [-0.25, -0.2) is 0 Å². The molecule has 178 valence electrons. The highest BCUT2D eigenvalue weighted by atomic mass is 16.5. The van der Waals surface area contributed by atoms with Crippen LogP contribution < -0.4 is 10.2 Å². The molecule has 3 aromatic carbocycles. The number of nitrogens with zero attached hydrogens (tertiary/aromatic N) is 1. The highest BCUT2D eigenvalue weighted by Crippen LogP contribution is 2.48. The van der Waals surface area contributed by atoms with Crippen molar-refractivity contribution in [3.05, 3.63) is 82.1 Å². The Labute approximate surface area is 202 Å². The molecule has 1 aliphatic rings. The van der Waals surface area contributed by atoms with Crippen LogP contribution >= 0.6 is 0 Å². The second-order valence-electron chi connectivity index (χ2n) is 8.48.